The summed E-state index contributed by atoms with van der Waals surface area (Å²) in [4.78, 5) is 50.8. The molecule has 3 amide bonds. The van der Waals surface area contributed by atoms with E-state index in [1.54, 1.807) is 31.2 Å². The first-order valence-corrected chi connectivity index (χ1v) is 12.6. The largest absolute Gasteiger partial charge is 0.446 e. The number of nitrogens with zero attached hydrogens (tertiary/aromatic N) is 5. The van der Waals surface area contributed by atoms with Gasteiger partial charge in [0.1, 0.15) is 24.3 Å². The van der Waals surface area contributed by atoms with Crippen LogP contribution in [0.4, 0.5) is 29.5 Å². The quantitative estimate of drug-likeness (QED) is 0.462. The van der Waals surface area contributed by atoms with E-state index in [1.165, 1.54) is 24.5 Å². The van der Waals surface area contributed by atoms with Gasteiger partial charge in [-0.15, -0.1) is 0 Å². The van der Waals surface area contributed by atoms with Gasteiger partial charge in [0, 0.05) is 31.1 Å². The van der Waals surface area contributed by atoms with Crippen LogP contribution >= 0.6 is 0 Å². The molecule has 2 atom stereocenters. The summed E-state index contributed by atoms with van der Waals surface area (Å²) in [7, 11) is 0. The maximum absolute atomic E-state index is 14.4. The van der Waals surface area contributed by atoms with Crippen molar-refractivity contribution in [2.24, 2.45) is 0 Å². The van der Waals surface area contributed by atoms with E-state index >= 15 is 0 Å². The molecule has 210 valence electrons. The number of carbonyl (C=O) groups is 3. The molecule has 1 saturated carbocycles. The number of pyridine rings is 2. The average molecular weight is 565 g/mol. The molecular formula is C28H23F3N6O4. The van der Waals surface area contributed by atoms with Crippen LogP contribution in [0.25, 0.3) is 0 Å². The number of aryl methyl sites for hydroxylation is 1. The van der Waals surface area contributed by atoms with E-state index in [9.17, 15) is 32.8 Å². The van der Waals surface area contributed by atoms with Gasteiger partial charge < -0.3 is 10.1 Å². The van der Waals surface area contributed by atoms with Crippen molar-refractivity contribution in [1.29, 1.82) is 5.26 Å². The van der Waals surface area contributed by atoms with Crippen molar-refractivity contribution < 1.29 is 32.3 Å². The second kappa shape index (κ2) is 10.9. The Labute approximate surface area is 232 Å². The Balaban J connectivity index is 1.61. The molecular weight excluding hydrogens is 541 g/mol. The molecule has 0 radical (unpaired) electrons. The average Bonchev–Trinajstić information content (AvgIpc) is 3.32. The molecule has 10 nitrogen and oxygen atoms in total. The zero-order valence-electron chi connectivity index (χ0n) is 21.6. The first kappa shape index (κ1) is 27.6. The van der Waals surface area contributed by atoms with E-state index < -0.39 is 67.2 Å². The lowest BCUT2D eigenvalue weighted by molar-refractivity contribution is -0.133. The third-order valence-corrected chi connectivity index (χ3v) is 6.91. The topological polar surface area (TPSA) is 129 Å². The molecule has 13 heteroatoms. The number of carbonyl (C=O) groups excluding carboxylic acids is 3. The third-order valence-electron chi connectivity index (χ3n) is 6.91. The van der Waals surface area contributed by atoms with E-state index in [2.05, 4.69) is 15.3 Å². The molecule has 1 aliphatic carbocycles. The van der Waals surface area contributed by atoms with E-state index in [4.69, 9.17) is 4.74 Å². The number of hydrogen-bond donors (Lipinski definition) is 1. The summed E-state index contributed by atoms with van der Waals surface area (Å²) >= 11 is 0. The van der Waals surface area contributed by atoms with Crippen LogP contribution in [0.3, 0.4) is 0 Å². The highest BCUT2D eigenvalue weighted by Gasteiger charge is 2.49. The second-order valence-corrected chi connectivity index (χ2v) is 9.78. The minimum atomic E-state index is -2.91. The fourth-order valence-electron chi connectivity index (χ4n) is 4.91. The van der Waals surface area contributed by atoms with E-state index in [0.717, 1.165) is 22.1 Å². The number of halogens is 3. The molecule has 0 bridgehead atoms. The van der Waals surface area contributed by atoms with Crippen LogP contribution in [0.2, 0.25) is 0 Å². The molecule has 0 spiro atoms. The number of hydrogen-bond acceptors (Lipinski definition) is 7. The monoisotopic (exact) mass is 564 g/mol. The summed E-state index contributed by atoms with van der Waals surface area (Å²) in [5, 5.41) is 11.9. The van der Waals surface area contributed by atoms with Gasteiger partial charge in [0.15, 0.2) is 6.04 Å². The Bertz CT molecular complexity index is 1550. The summed E-state index contributed by atoms with van der Waals surface area (Å²) in [5.41, 5.74) is 0.986. The summed E-state index contributed by atoms with van der Waals surface area (Å²) in [6, 6.07) is 8.61. The maximum Gasteiger partial charge on any atom is 0.416 e. The van der Waals surface area contributed by atoms with Crippen molar-refractivity contribution in [3.8, 4) is 6.07 Å². The van der Waals surface area contributed by atoms with Crippen LogP contribution in [-0.4, -0.2) is 52.5 Å². The number of alkyl halides is 2. The van der Waals surface area contributed by atoms with Gasteiger partial charge in [-0.05, 0) is 30.2 Å². The summed E-state index contributed by atoms with van der Waals surface area (Å²) in [6.45, 7) is 1.26. The van der Waals surface area contributed by atoms with Crippen molar-refractivity contribution in [2.45, 2.75) is 43.8 Å². The van der Waals surface area contributed by atoms with Gasteiger partial charge in [-0.25, -0.2) is 27.8 Å². The molecule has 3 heterocycles. The van der Waals surface area contributed by atoms with Crippen LogP contribution in [0.1, 0.15) is 35.6 Å². The summed E-state index contributed by atoms with van der Waals surface area (Å²) in [6.07, 6.45) is 1.33. The van der Waals surface area contributed by atoms with Gasteiger partial charge in [0.05, 0.1) is 29.7 Å². The fourth-order valence-corrected chi connectivity index (χ4v) is 4.91. The first-order chi connectivity index (χ1) is 19.6. The minimum absolute atomic E-state index is 0.0455. The van der Waals surface area contributed by atoms with Crippen LogP contribution in [0.5, 0.6) is 0 Å². The number of nitrogens with one attached hydrogen (secondary N) is 1. The molecule has 1 N–H and O–H groups in total. The maximum atomic E-state index is 14.4. The number of rotatable bonds is 7. The number of ether oxygens (including phenoxy) is 1. The normalized spacial score (nSPS) is 18.6. The van der Waals surface area contributed by atoms with Gasteiger partial charge in [-0.3, -0.25) is 19.5 Å². The van der Waals surface area contributed by atoms with Crippen molar-refractivity contribution in [3.05, 3.63) is 83.6 Å². The molecule has 41 heavy (non-hydrogen) atoms. The van der Waals surface area contributed by atoms with Gasteiger partial charge in [0.2, 0.25) is 5.91 Å². The van der Waals surface area contributed by atoms with Crippen LogP contribution in [0.15, 0.2) is 61.1 Å². The lowest BCUT2D eigenvalue weighted by atomic mass is 9.87. The molecule has 1 aliphatic heterocycles. The molecule has 1 aromatic carbocycles. The van der Waals surface area contributed by atoms with Crippen molar-refractivity contribution in [1.82, 2.24) is 15.3 Å². The second-order valence-electron chi connectivity index (χ2n) is 9.78. The van der Waals surface area contributed by atoms with Crippen LogP contribution in [-0.2, 0) is 14.3 Å². The van der Waals surface area contributed by atoms with Crippen molar-refractivity contribution in [2.75, 3.05) is 16.4 Å². The Morgan fingerprint density at radius 2 is 1.98 bits per heavy atom. The molecule has 2 aromatic heterocycles. The van der Waals surface area contributed by atoms with Crippen molar-refractivity contribution >= 4 is 29.4 Å². The highest BCUT2D eigenvalue weighted by Crippen LogP contribution is 2.39. The van der Waals surface area contributed by atoms with Gasteiger partial charge in [-0.1, -0.05) is 24.3 Å². The molecule has 2 aliphatic rings. The third kappa shape index (κ3) is 5.54. The number of amides is 3. The Hall–Kier alpha value is -4.99. The predicted molar refractivity (Wildman–Crippen MR) is 138 cm³/mol. The summed E-state index contributed by atoms with van der Waals surface area (Å²) < 4.78 is 46.8. The van der Waals surface area contributed by atoms with Gasteiger partial charge in [0.25, 0.3) is 11.8 Å². The lowest BCUT2D eigenvalue weighted by Crippen LogP contribution is -2.56. The molecule has 2 unspecified atom stereocenters. The number of benzene rings is 1. The highest BCUT2D eigenvalue weighted by atomic mass is 19.3. The zero-order valence-corrected chi connectivity index (χ0v) is 21.6. The lowest BCUT2D eigenvalue weighted by Gasteiger charge is -2.39. The van der Waals surface area contributed by atoms with E-state index in [0.29, 0.717) is 11.1 Å². The number of anilines is 2. The van der Waals surface area contributed by atoms with Crippen LogP contribution < -0.4 is 15.1 Å². The van der Waals surface area contributed by atoms with Gasteiger partial charge >= 0.3 is 6.09 Å². The number of nitriles is 1. The zero-order chi connectivity index (χ0) is 29.3. The van der Waals surface area contributed by atoms with Gasteiger partial charge in [-0.2, -0.15) is 5.26 Å². The Morgan fingerprint density at radius 3 is 2.66 bits per heavy atom. The van der Waals surface area contributed by atoms with Crippen LogP contribution in [0, 0.1) is 24.1 Å². The fraction of sp³-hybridized carbons (Fsp3) is 0.286. The minimum Gasteiger partial charge on any atom is -0.446 e. The Kier molecular flexibility index (Phi) is 7.32. The molecule has 1 saturated heterocycles. The predicted octanol–water partition coefficient (Wildman–Crippen LogP) is 3.81. The standard InChI is InChI=1S/C28H23F3N6O4/c1-16-4-2-3-5-21(16)24(25(38)35-19-10-28(30,31)11-19)36(20-9-18(29)13-33-14-20)26(39)22-15-41-27(40)37(22)23-8-17(12-32)6-7-34-23/h2-9,13-14,19,22,24H,10-11,15H2,1H3,(H,35,38). The number of aromatic nitrogens is 2. The van der Waals surface area contributed by atoms with Crippen molar-refractivity contribution in [3.63, 3.8) is 0 Å². The molecule has 2 fully saturated rings. The van der Waals surface area contributed by atoms with E-state index in [-0.39, 0.29) is 17.1 Å². The highest BCUT2D eigenvalue weighted by molar-refractivity contribution is 6.09. The molecule has 5 rings (SSSR count). The molecule has 3 aromatic rings. The Morgan fingerprint density at radius 1 is 1.22 bits per heavy atom. The van der Waals surface area contributed by atoms with E-state index in [1.807, 2.05) is 6.07 Å². The first-order valence-electron chi connectivity index (χ1n) is 12.6. The smallest absolute Gasteiger partial charge is 0.416 e. The SMILES string of the molecule is Cc1ccccc1C(C(=O)NC1CC(F)(F)C1)N(C(=O)C1COC(=O)N1c1cc(C#N)ccn1)c1cncc(F)c1. The number of cyclic esters (lactones) is 1. The summed E-state index contributed by atoms with van der Waals surface area (Å²) in [5.74, 6) is -5.39.